The Morgan fingerprint density at radius 2 is 1.46 bits per heavy atom. The van der Waals surface area contributed by atoms with Crippen LogP contribution in [0.1, 0.15) is 130 Å². The summed E-state index contributed by atoms with van der Waals surface area (Å²) in [6.07, 6.45) is 13.1. The Hall–Kier alpha value is -2.13. The SMILES string of the molecule is C=C(N=C(C)Sc1nc(OC)ccc1C)C(CC1CCCC1)c1ccc(S(=C)(=O)N2CCN(CC3CCCCC3)CC2)cc1.CC.CC.CC. The first-order chi connectivity index (χ1) is 24.2. The van der Waals surface area contributed by atoms with Crippen LogP contribution in [0.5, 0.6) is 5.88 Å². The molecule has 1 saturated heterocycles. The second kappa shape index (κ2) is 23.4. The zero-order valence-electron chi connectivity index (χ0n) is 33.1. The number of methoxy groups -OCH3 is 1. The summed E-state index contributed by atoms with van der Waals surface area (Å²) in [7, 11) is -0.892. The molecule has 2 aliphatic carbocycles. The summed E-state index contributed by atoms with van der Waals surface area (Å²) < 4.78 is 21.5. The Morgan fingerprint density at radius 3 is 2.04 bits per heavy atom. The number of ether oxygens (including phenoxy) is 1. The molecule has 1 aromatic carbocycles. The summed E-state index contributed by atoms with van der Waals surface area (Å²) in [6, 6.07) is 12.3. The van der Waals surface area contributed by atoms with Crippen molar-refractivity contribution in [3.8, 4) is 5.88 Å². The quantitative estimate of drug-likeness (QED) is 0.0999. The number of hydrogen-bond donors (Lipinski definition) is 0. The van der Waals surface area contributed by atoms with E-state index in [1.807, 2.05) is 72.7 Å². The van der Waals surface area contributed by atoms with E-state index in [1.54, 1.807) is 18.9 Å². The van der Waals surface area contributed by atoms with Crippen molar-refractivity contribution >= 4 is 32.4 Å². The van der Waals surface area contributed by atoms with Crippen LogP contribution in [0.4, 0.5) is 0 Å². The van der Waals surface area contributed by atoms with Crippen LogP contribution in [-0.4, -0.2) is 69.1 Å². The number of hydrogen-bond acceptors (Lipinski definition) is 6. The summed E-state index contributed by atoms with van der Waals surface area (Å²) in [5.74, 6) is 6.52. The third-order valence-corrected chi connectivity index (χ3v) is 13.1. The molecule has 0 bridgehead atoms. The minimum absolute atomic E-state index is 0.117. The van der Waals surface area contributed by atoms with Crippen molar-refractivity contribution in [3.05, 3.63) is 59.8 Å². The van der Waals surface area contributed by atoms with Crippen molar-refractivity contribution in [1.29, 1.82) is 0 Å². The van der Waals surface area contributed by atoms with E-state index in [-0.39, 0.29) is 5.92 Å². The number of pyridine rings is 1. The molecule has 5 rings (SSSR count). The van der Waals surface area contributed by atoms with Crippen molar-refractivity contribution in [2.75, 3.05) is 39.8 Å². The van der Waals surface area contributed by atoms with E-state index in [1.165, 1.54) is 69.9 Å². The molecule has 2 unspecified atom stereocenters. The largest absolute Gasteiger partial charge is 0.481 e. The Labute approximate surface area is 312 Å². The highest BCUT2D eigenvalue weighted by Gasteiger charge is 2.28. The molecule has 3 aliphatic rings. The predicted octanol–water partition coefficient (Wildman–Crippen LogP) is 11.1. The normalized spacial score (nSPS) is 19.4. The van der Waals surface area contributed by atoms with Crippen LogP contribution in [0.15, 0.2) is 63.6 Å². The number of allylic oxidation sites excluding steroid dienone is 1. The Balaban J connectivity index is 0.00000137. The van der Waals surface area contributed by atoms with E-state index in [9.17, 15) is 4.21 Å². The molecule has 8 heteroatoms. The third-order valence-electron chi connectivity index (χ3n) is 9.87. The average molecular weight is 727 g/mol. The van der Waals surface area contributed by atoms with Crippen LogP contribution in [0.25, 0.3) is 0 Å². The molecule has 50 heavy (non-hydrogen) atoms. The maximum atomic E-state index is 14.1. The monoisotopic (exact) mass is 726 g/mol. The molecule has 0 amide bonds. The van der Waals surface area contributed by atoms with Gasteiger partial charge >= 0.3 is 0 Å². The number of benzene rings is 1. The van der Waals surface area contributed by atoms with E-state index in [2.05, 4.69) is 45.7 Å². The molecule has 3 fully saturated rings. The van der Waals surface area contributed by atoms with Gasteiger partial charge in [0.2, 0.25) is 5.88 Å². The molecule has 282 valence electrons. The van der Waals surface area contributed by atoms with Crippen LogP contribution in [0.3, 0.4) is 0 Å². The van der Waals surface area contributed by atoms with Crippen LogP contribution in [-0.2, 0) is 9.71 Å². The first kappa shape index (κ1) is 44.0. The maximum Gasteiger partial charge on any atom is 0.214 e. The van der Waals surface area contributed by atoms with Crippen LogP contribution < -0.4 is 4.74 Å². The molecule has 0 N–H and O–H groups in total. The van der Waals surface area contributed by atoms with Crippen LogP contribution in [0.2, 0.25) is 0 Å². The zero-order chi connectivity index (χ0) is 37.1. The summed E-state index contributed by atoms with van der Waals surface area (Å²) in [5.41, 5.74) is 3.16. The van der Waals surface area contributed by atoms with Gasteiger partial charge in [-0.2, -0.15) is 0 Å². The number of nitrogens with zero attached hydrogens (tertiary/aromatic N) is 4. The highest BCUT2D eigenvalue weighted by molar-refractivity contribution is 8.13. The smallest absolute Gasteiger partial charge is 0.214 e. The van der Waals surface area contributed by atoms with Gasteiger partial charge in [0.25, 0.3) is 0 Å². The lowest BCUT2D eigenvalue weighted by molar-refractivity contribution is 0.152. The number of thioether (sulfide) groups is 1. The molecule has 1 aromatic heterocycles. The third kappa shape index (κ3) is 13.1. The van der Waals surface area contributed by atoms with Gasteiger partial charge in [0, 0.05) is 55.3 Å². The molecular formula is C42H70N4O2S2. The van der Waals surface area contributed by atoms with Crippen molar-refractivity contribution < 1.29 is 8.95 Å². The lowest BCUT2D eigenvalue weighted by atomic mass is 9.86. The molecule has 2 atom stereocenters. The van der Waals surface area contributed by atoms with E-state index < -0.39 is 9.71 Å². The highest BCUT2D eigenvalue weighted by Crippen LogP contribution is 2.39. The first-order valence-electron chi connectivity index (χ1n) is 19.6. The van der Waals surface area contributed by atoms with Crippen molar-refractivity contribution in [2.24, 2.45) is 16.8 Å². The molecule has 2 aromatic rings. The van der Waals surface area contributed by atoms with Crippen molar-refractivity contribution in [1.82, 2.24) is 14.2 Å². The first-order valence-corrected chi connectivity index (χ1v) is 22.1. The Kier molecular flexibility index (Phi) is 20.6. The summed E-state index contributed by atoms with van der Waals surface area (Å²) in [6.45, 7) is 25.3. The zero-order valence-corrected chi connectivity index (χ0v) is 34.8. The number of piperazine rings is 1. The molecule has 0 radical (unpaired) electrons. The molecule has 1 aliphatic heterocycles. The van der Waals surface area contributed by atoms with Gasteiger partial charge in [-0.1, -0.05) is 123 Å². The second-order valence-corrected chi connectivity index (χ2v) is 16.5. The average Bonchev–Trinajstić information content (AvgIpc) is 3.68. The van der Waals surface area contributed by atoms with Gasteiger partial charge in [-0.3, -0.25) is 4.99 Å². The molecule has 2 saturated carbocycles. The fourth-order valence-electron chi connectivity index (χ4n) is 7.20. The topological polar surface area (TPSA) is 58.0 Å². The van der Waals surface area contributed by atoms with Gasteiger partial charge in [0.1, 0.15) is 5.03 Å². The second-order valence-electron chi connectivity index (χ2n) is 13.1. The molecule has 2 heterocycles. The van der Waals surface area contributed by atoms with Crippen molar-refractivity contribution in [2.45, 2.75) is 135 Å². The summed E-state index contributed by atoms with van der Waals surface area (Å²) in [5, 5.41) is 1.81. The van der Waals surface area contributed by atoms with Gasteiger partial charge in [0.15, 0.2) is 0 Å². The maximum absolute atomic E-state index is 14.1. The number of aromatic nitrogens is 1. The van der Waals surface area contributed by atoms with Gasteiger partial charge in [-0.25, -0.2) is 13.5 Å². The Morgan fingerprint density at radius 1 is 0.900 bits per heavy atom. The molecule has 0 spiro atoms. The Bertz CT molecular complexity index is 1390. The number of rotatable bonds is 11. The lowest BCUT2D eigenvalue weighted by Gasteiger charge is -2.38. The molecule has 6 nitrogen and oxygen atoms in total. The number of aryl methyl sites for hydroxylation is 1. The molecular weight excluding hydrogens is 657 g/mol. The minimum atomic E-state index is -2.53. The lowest BCUT2D eigenvalue weighted by Crippen LogP contribution is -2.49. The van der Waals surface area contributed by atoms with E-state index in [4.69, 9.17) is 9.73 Å². The van der Waals surface area contributed by atoms with Gasteiger partial charge < -0.3 is 9.64 Å². The van der Waals surface area contributed by atoms with Crippen LogP contribution in [0, 0.1) is 18.8 Å². The van der Waals surface area contributed by atoms with Gasteiger partial charge in [-0.05, 0) is 74.1 Å². The van der Waals surface area contributed by atoms with Crippen molar-refractivity contribution in [3.63, 3.8) is 0 Å². The van der Waals surface area contributed by atoms with Gasteiger partial charge in [-0.15, -0.1) is 0 Å². The summed E-state index contributed by atoms with van der Waals surface area (Å²) in [4.78, 5) is 13.0. The van der Waals surface area contributed by atoms with E-state index >= 15 is 0 Å². The van der Waals surface area contributed by atoms with E-state index in [0.29, 0.717) is 11.8 Å². The minimum Gasteiger partial charge on any atom is -0.481 e. The summed E-state index contributed by atoms with van der Waals surface area (Å²) >= 11 is 1.56. The van der Waals surface area contributed by atoms with Crippen LogP contribution >= 0.6 is 11.8 Å². The number of aliphatic imine (C=N–C) groups is 1. The standard InChI is InChI=1S/C36H52N4O2S2.3C2H6/c1-27-15-20-35(42-4)38-36(27)43-29(3)37-28(2)34(25-30-11-9-10-12-30)32-16-18-33(19-17-32)44(5,41)40-23-21-39(22-24-40)26-31-13-7-6-8-14-31;3*1-2/h15-20,30-31,34H,2,5-14,21-26H2,1,3-4H3;3*1-2H3. The van der Waals surface area contributed by atoms with Gasteiger partial charge in [0.05, 0.1) is 21.9 Å². The fraction of sp³-hybridized carbons (Fsp3) is 0.643. The van der Waals surface area contributed by atoms with E-state index in [0.717, 1.165) is 64.7 Å². The fourth-order valence-corrected chi connectivity index (χ4v) is 9.62. The predicted molar refractivity (Wildman–Crippen MR) is 222 cm³/mol. The highest BCUT2D eigenvalue weighted by atomic mass is 32.2.